The van der Waals surface area contributed by atoms with Gasteiger partial charge in [-0.25, -0.2) is 0 Å². The summed E-state index contributed by atoms with van der Waals surface area (Å²) in [5, 5.41) is 3.08. The van der Waals surface area contributed by atoms with E-state index < -0.39 is 0 Å². The zero-order valence-electron chi connectivity index (χ0n) is 12.9. The van der Waals surface area contributed by atoms with E-state index >= 15 is 0 Å². The summed E-state index contributed by atoms with van der Waals surface area (Å²) in [7, 11) is 0. The van der Waals surface area contributed by atoms with Crippen LogP contribution >= 0.6 is 24.8 Å². The number of nitrogens with zero attached hydrogens (tertiary/aromatic N) is 1. The highest BCUT2D eigenvalue weighted by atomic mass is 35.5. The summed E-state index contributed by atoms with van der Waals surface area (Å²) in [6.07, 6.45) is 9.37. The molecule has 0 aromatic carbocycles. The van der Waals surface area contributed by atoms with Gasteiger partial charge < -0.3 is 16.0 Å². The van der Waals surface area contributed by atoms with E-state index in [4.69, 9.17) is 5.73 Å². The second-order valence-electron chi connectivity index (χ2n) is 6.17. The van der Waals surface area contributed by atoms with E-state index in [1.807, 2.05) is 0 Å². The van der Waals surface area contributed by atoms with E-state index in [-0.39, 0.29) is 42.7 Å². The third-order valence-electron chi connectivity index (χ3n) is 4.49. The number of amides is 1. The Morgan fingerprint density at radius 3 is 2.33 bits per heavy atom. The first-order chi connectivity index (χ1) is 9.25. The first-order valence-electron chi connectivity index (χ1n) is 8.01. The van der Waals surface area contributed by atoms with Crippen LogP contribution < -0.4 is 11.1 Å². The predicted molar refractivity (Wildman–Crippen MR) is 92.3 cm³/mol. The van der Waals surface area contributed by atoms with Crippen LogP contribution in [0.4, 0.5) is 0 Å². The molecule has 126 valence electrons. The molecule has 0 bridgehead atoms. The van der Waals surface area contributed by atoms with E-state index in [1.54, 1.807) is 0 Å². The van der Waals surface area contributed by atoms with Gasteiger partial charge in [-0.3, -0.25) is 4.79 Å². The molecule has 1 heterocycles. The van der Waals surface area contributed by atoms with Gasteiger partial charge in [0.05, 0.1) is 0 Å². The van der Waals surface area contributed by atoms with Gasteiger partial charge in [-0.05, 0) is 58.2 Å². The van der Waals surface area contributed by atoms with Crippen molar-refractivity contribution >= 4 is 30.7 Å². The average Bonchev–Trinajstić information content (AvgIpc) is 2.68. The van der Waals surface area contributed by atoms with Gasteiger partial charge in [0.15, 0.2) is 0 Å². The van der Waals surface area contributed by atoms with Crippen LogP contribution in [-0.4, -0.2) is 43.0 Å². The Kier molecular flexibility index (Phi) is 11.5. The quantitative estimate of drug-likeness (QED) is 0.756. The Bertz CT molecular complexity index is 284. The first kappa shape index (κ1) is 21.0. The maximum Gasteiger partial charge on any atom is 0.223 e. The van der Waals surface area contributed by atoms with Crippen LogP contribution in [0.15, 0.2) is 0 Å². The highest BCUT2D eigenvalue weighted by Gasteiger charge is 2.27. The fraction of sp³-hybridized carbons (Fsp3) is 0.933. The minimum Gasteiger partial charge on any atom is -0.356 e. The van der Waals surface area contributed by atoms with Gasteiger partial charge in [0, 0.05) is 18.5 Å². The molecular weight excluding hydrogens is 309 g/mol. The fourth-order valence-electron chi connectivity index (χ4n) is 3.27. The van der Waals surface area contributed by atoms with Gasteiger partial charge in [0.2, 0.25) is 5.91 Å². The van der Waals surface area contributed by atoms with Gasteiger partial charge in [-0.2, -0.15) is 0 Å². The van der Waals surface area contributed by atoms with Crippen LogP contribution in [0.25, 0.3) is 0 Å². The molecule has 1 aliphatic carbocycles. The third kappa shape index (κ3) is 7.68. The number of rotatable bonds is 5. The molecule has 2 rings (SSSR count). The average molecular weight is 340 g/mol. The number of hydrogen-bond donors (Lipinski definition) is 2. The molecular formula is C15H31Cl2N3O. The van der Waals surface area contributed by atoms with E-state index in [0.29, 0.717) is 0 Å². The van der Waals surface area contributed by atoms with E-state index in [0.717, 1.165) is 38.8 Å². The molecule has 2 atom stereocenters. The largest absolute Gasteiger partial charge is 0.356 e. The number of nitrogens with two attached hydrogens (primary N) is 1. The second kappa shape index (κ2) is 11.5. The number of likely N-dealkylation sites (tertiary alicyclic amines) is 1. The van der Waals surface area contributed by atoms with Crippen molar-refractivity contribution < 1.29 is 4.79 Å². The number of nitrogens with one attached hydrogen (secondary N) is 1. The molecule has 3 N–H and O–H groups in total. The molecule has 0 spiro atoms. The Labute approximate surface area is 141 Å². The molecule has 6 heteroatoms. The first-order valence-corrected chi connectivity index (χ1v) is 8.01. The van der Waals surface area contributed by atoms with Crippen molar-refractivity contribution in [2.24, 2.45) is 11.7 Å². The van der Waals surface area contributed by atoms with Crippen molar-refractivity contribution in [1.82, 2.24) is 10.2 Å². The highest BCUT2D eigenvalue weighted by molar-refractivity contribution is 5.85. The normalized spacial score (nSPS) is 26.3. The topological polar surface area (TPSA) is 58.4 Å². The lowest BCUT2D eigenvalue weighted by atomic mass is 10.1. The highest BCUT2D eigenvalue weighted by Crippen LogP contribution is 2.23. The minimum atomic E-state index is 0. The smallest absolute Gasteiger partial charge is 0.223 e. The van der Waals surface area contributed by atoms with Gasteiger partial charge in [0.1, 0.15) is 0 Å². The second-order valence-corrected chi connectivity index (χ2v) is 6.17. The zero-order chi connectivity index (χ0) is 13.5. The zero-order valence-corrected chi connectivity index (χ0v) is 14.5. The minimum absolute atomic E-state index is 0. The fourth-order valence-corrected chi connectivity index (χ4v) is 3.27. The van der Waals surface area contributed by atoms with Gasteiger partial charge in [-0.15, -0.1) is 24.8 Å². The van der Waals surface area contributed by atoms with E-state index in [9.17, 15) is 4.79 Å². The molecule has 1 saturated carbocycles. The summed E-state index contributed by atoms with van der Waals surface area (Å²) in [6, 6.07) is 0.243. The Morgan fingerprint density at radius 1 is 1.10 bits per heavy atom. The molecule has 1 saturated heterocycles. The van der Waals surface area contributed by atoms with Crippen molar-refractivity contribution in [3.8, 4) is 0 Å². The lowest BCUT2D eigenvalue weighted by Gasteiger charge is -2.19. The number of halogens is 2. The maximum atomic E-state index is 11.9. The predicted octanol–water partition coefficient (Wildman–Crippen LogP) is 2.34. The molecule has 0 aromatic heterocycles. The molecule has 21 heavy (non-hydrogen) atoms. The van der Waals surface area contributed by atoms with Crippen molar-refractivity contribution in [3.63, 3.8) is 0 Å². The number of carbonyl (C=O) groups is 1. The van der Waals surface area contributed by atoms with Crippen molar-refractivity contribution in [3.05, 3.63) is 0 Å². The molecule has 2 unspecified atom stereocenters. The third-order valence-corrected chi connectivity index (χ3v) is 4.49. The summed E-state index contributed by atoms with van der Waals surface area (Å²) >= 11 is 0. The molecule has 4 nitrogen and oxygen atoms in total. The van der Waals surface area contributed by atoms with Crippen molar-refractivity contribution in [2.45, 2.75) is 57.4 Å². The van der Waals surface area contributed by atoms with Crippen LogP contribution in [0.2, 0.25) is 0 Å². The Balaban J connectivity index is 0.00000200. The summed E-state index contributed by atoms with van der Waals surface area (Å²) in [5.74, 6) is 0.400. The van der Waals surface area contributed by atoms with Crippen molar-refractivity contribution in [1.29, 1.82) is 0 Å². The van der Waals surface area contributed by atoms with Crippen LogP contribution in [0.3, 0.4) is 0 Å². The van der Waals surface area contributed by atoms with Gasteiger partial charge in [0.25, 0.3) is 0 Å². The van der Waals surface area contributed by atoms with Gasteiger partial charge >= 0.3 is 0 Å². The van der Waals surface area contributed by atoms with E-state index in [1.165, 1.54) is 38.8 Å². The number of hydrogen-bond acceptors (Lipinski definition) is 3. The van der Waals surface area contributed by atoms with Crippen LogP contribution in [0, 0.1) is 5.92 Å². The molecule has 1 amide bonds. The number of carbonyl (C=O) groups excluding carboxylic acids is 1. The summed E-state index contributed by atoms with van der Waals surface area (Å²) in [5.41, 5.74) is 5.84. The molecule has 0 radical (unpaired) electrons. The standard InChI is InChI=1S/C15H29N3O.2ClH/c16-14-7-6-13(12-14)15(19)17-8-5-11-18-9-3-1-2-4-10-18;;/h13-14H,1-12,16H2,(H,17,19);2*1H. The van der Waals surface area contributed by atoms with Crippen molar-refractivity contribution in [2.75, 3.05) is 26.2 Å². The lowest BCUT2D eigenvalue weighted by Crippen LogP contribution is -2.33. The summed E-state index contributed by atoms with van der Waals surface area (Å²) in [6.45, 7) is 4.43. The Hall–Kier alpha value is -0.0300. The monoisotopic (exact) mass is 339 g/mol. The Morgan fingerprint density at radius 2 is 1.76 bits per heavy atom. The lowest BCUT2D eigenvalue weighted by molar-refractivity contribution is -0.124. The van der Waals surface area contributed by atoms with Gasteiger partial charge in [-0.1, -0.05) is 12.8 Å². The summed E-state index contributed by atoms with van der Waals surface area (Å²) < 4.78 is 0. The molecule has 2 aliphatic rings. The van der Waals surface area contributed by atoms with E-state index in [2.05, 4.69) is 10.2 Å². The maximum absolute atomic E-state index is 11.9. The van der Waals surface area contributed by atoms with Crippen LogP contribution in [-0.2, 0) is 4.79 Å². The summed E-state index contributed by atoms with van der Waals surface area (Å²) in [4.78, 5) is 14.5. The molecule has 1 aliphatic heterocycles. The SMILES string of the molecule is Cl.Cl.NC1CCC(C(=O)NCCCN2CCCCCC2)C1. The molecule has 2 fully saturated rings. The van der Waals surface area contributed by atoms with Crippen LogP contribution in [0.5, 0.6) is 0 Å². The molecule has 0 aromatic rings. The van der Waals surface area contributed by atoms with Crippen LogP contribution in [0.1, 0.15) is 51.4 Å².